The number of hydrogen-bond acceptors (Lipinski definition) is 7. The van der Waals surface area contributed by atoms with E-state index in [1.165, 1.54) is 26.5 Å². The van der Waals surface area contributed by atoms with Crippen LogP contribution in [-0.2, 0) is 19.9 Å². The number of rotatable bonds is 8. The van der Waals surface area contributed by atoms with E-state index in [0.29, 0.717) is 21.7 Å². The van der Waals surface area contributed by atoms with Gasteiger partial charge in [0, 0.05) is 24.4 Å². The topological polar surface area (TPSA) is 101 Å². The molecule has 0 aliphatic heterocycles. The molecule has 0 amide bonds. The van der Waals surface area contributed by atoms with E-state index >= 15 is 0 Å². The lowest BCUT2D eigenvalue weighted by molar-refractivity contribution is -0.386. The number of benzene rings is 2. The van der Waals surface area contributed by atoms with Crippen LogP contribution in [0.1, 0.15) is 16.7 Å². The van der Waals surface area contributed by atoms with E-state index in [4.69, 9.17) is 25.8 Å². The lowest BCUT2D eigenvalue weighted by atomic mass is 9.81. The summed E-state index contributed by atoms with van der Waals surface area (Å²) in [6, 6.07) is 16.9. The second kappa shape index (κ2) is 9.76. The highest BCUT2D eigenvalue weighted by Crippen LogP contribution is 2.40. The molecular formula is C23H21ClN2O6. The lowest BCUT2D eigenvalue weighted by Crippen LogP contribution is -2.51. The summed E-state index contributed by atoms with van der Waals surface area (Å²) in [6.45, 7) is 1.67. The first kappa shape index (κ1) is 23.2. The minimum absolute atomic E-state index is 0.331. The number of esters is 1. The molecule has 2 atom stereocenters. The van der Waals surface area contributed by atoms with Crippen LogP contribution in [0.3, 0.4) is 0 Å². The molecule has 3 aromatic rings. The predicted octanol–water partition coefficient (Wildman–Crippen LogP) is 4.46. The molecule has 3 rings (SSSR count). The average molecular weight is 457 g/mol. The maximum absolute atomic E-state index is 13.0. The highest BCUT2D eigenvalue weighted by Gasteiger charge is 2.50. The Morgan fingerprint density at radius 3 is 2.28 bits per heavy atom. The minimum atomic E-state index is -1.53. The number of nitrogens with zero attached hydrogens (tertiary/aromatic N) is 2. The fourth-order valence-electron chi connectivity index (χ4n) is 3.47. The fourth-order valence-corrected chi connectivity index (χ4v) is 3.60. The lowest BCUT2D eigenvalue weighted by Gasteiger charge is -2.38. The van der Waals surface area contributed by atoms with Gasteiger partial charge in [0.15, 0.2) is 5.60 Å². The van der Waals surface area contributed by atoms with Gasteiger partial charge in [0.1, 0.15) is 0 Å². The van der Waals surface area contributed by atoms with Crippen LogP contribution in [0.2, 0.25) is 5.02 Å². The number of hydrogen-bond donors (Lipinski definition) is 0. The molecule has 1 aromatic heterocycles. The molecule has 0 N–H and O–H groups in total. The van der Waals surface area contributed by atoms with Crippen LogP contribution >= 0.6 is 11.6 Å². The zero-order chi connectivity index (χ0) is 23.3. The summed E-state index contributed by atoms with van der Waals surface area (Å²) in [7, 11) is 2.61. The van der Waals surface area contributed by atoms with Crippen molar-refractivity contribution >= 4 is 23.3 Å². The third-order valence-electron chi connectivity index (χ3n) is 4.98. The number of ether oxygens (including phenoxy) is 3. The van der Waals surface area contributed by atoms with E-state index in [2.05, 4.69) is 4.98 Å². The molecule has 0 saturated heterocycles. The van der Waals surface area contributed by atoms with E-state index in [9.17, 15) is 14.9 Å². The van der Waals surface area contributed by atoms with Gasteiger partial charge in [0.2, 0.25) is 6.10 Å². The number of carbonyl (C=O) groups is 1. The van der Waals surface area contributed by atoms with Crippen LogP contribution in [0.4, 0.5) is 5.69 Å². The number of carbonyl (C=O) groups excluding carboxylic acids is 1. The smallest absolute Gasteiger partial charge is 0.350 e. The summed E-state index contributed by atoms with van der Waals surface area (Å²) in [4.78, 5) is 28.1. The molecule has 0 aliphatic carbocycles. The van der Waals surface area contributed by atoms with Crippen LogP contribution < -0.4 is 4.74 Å². The molecule has 9 heteroatoms. The Morgan fingerprint density at radius 1 is 1.09 bits per heavy atom. The van der Waals surface area contributed by atoms with Gasteiger partial charge in [-0.2, -0.15) is 0 Å². The van der Waals surface area contributed by atoms with Gasteiger partial charge in [0.05, 0.1) is 12.0 Å². The van der Waals surface area contributed by atoms with Crippen LogP contribution in [0.25, 0.3) is 0 Å². The zero-order valence-corrected chi connectivity index (χ0v) is 18.4. The normalized spacial score (nSPS) is 13.6. The summed E-state index contributed by atoms with van der Waals surface area (Å²) in [5, 5.41) is 12.1. The Kier molecular flexibility index (Phi) is 7.07. The number of halogens is 1. The van der Waals surface area contributed by atoms with Gasteiger partial charge in [-0.05, 0) is 35.7 Å². The third kappa shape index (κ3) is 4.42. The van der Waals surface area contributed by atoms with Crippen molar-refractivity contribution in [3.8, 4) is 5.88 Å². The molecule has 2 aromatic carbocycles. The van der Waals surface area contributed by atoms with Crippen molar-refractivity contribution in [2.24, 2.45) is 0 Å². The second-order valence-electron chi connectivity index (χ2n) is 6.93. The van der Waals surface area contributed by atoms with Crippen LogP contribution in [-0.4, -0.2) is 36.2 Å². The van der Waals surface area contributed by atoms with Crippen molar-refractivity contribution in [1.29, 1.82) is 0 Å². The first-order chi connectivity index (χ1) is 15.3. The number of aryl methyl sites for hydroxylation is 1. The van der Waals surface area contributed by atoms with Gasteiger partial charge in [-0.1, -0.05) is 54.1 Å². The monoisotopic (exact) mass is 456 g/mol. The number of aromatic nitrogens is 1. The van der Waals surface area contributed by atoms with E-state index in [1.807, 2.05) is 6.07 Å². The van der Waals surface area contributed by atoms with Crippen LogP contribution in [0, 0.1) is 17.0 Å². The highest BCUT2D eigenvalue weighted by atomic mass is 35.5. The number of pyridine rings is 1. The Labute approximate surface area is 189 Å². The molecular weight excluding hydrogens is 436 g/mol. The summed E-state index contributed by atoms with van der Waals surface area (Å²) in [5.41, 5.74) is -0.249. The number of methoxy groups -OCH3 is 2. The van der Waals surface area contributed by atoms with Crippen molar-refractivity contribution < 1.29 is 23.9 Å². The molecule has 2 unspecified atom stereocenters. The number of nitro groups is 1. The molecule has 0 aliphatic rings. The minimum Gasteiger partial charge on any atom is -0.466 e. The van der Waals surface area contributed by atoms with E-state index < -0.39 is 22.6 Å². The second-order valence-corrected chi connectivity index (χ2v) is 7.36. The van der Waals surface area contributed by atoms with Crippen molar-refractivity contribution in [2.75, 3.05) is 14.2 Å². The Hall–Kier alpha value is -3.49. The van der Waals surface area contributed by atoms with Gasteiger partial charge in [-0.15, -0.1) is 0 Å². The SMILES string of the molecule is COC(=O)C(Oc1ncc(C)cc1[N+](=O)[O-])C(OC)(c1ccccc1)c1ccc(Cl)cc1. The fraction of sp³-hybridized carbons (Fsp3) is 0.217. The van der Waals surface area contributed by atoms with Gasteiger partial charge in [-0.25, -0.2) is 9.78 Å². The summed E-state index contributed by atoms with van der Waals surface area (Å²) in [5.74, 6) is -1.13. The van der Waals surface area contributed by atoms with E-state index in [-0.39, 0.29) is 11.6 Å². The molecule has 0 bridgehead atoms. The van der Waals surface area contributed by atoms with Crippen LogP contribution in [0.15, 0.2) is 66.9 Å². The highest BCUT2D eigenvalue weighted by molar-refractivity contribution is 6.30. The maximum atomic E-state index is 13.0. The molecule has 0 saturated carbocycles. The molecule has 8 nitrogen and oxygen atoms in total. The predicted molar refractivity (Wildman–Crippen MR) is 118 cm³/mol. The van der Waals surface area contributed by atoms with E-state index in [0.717, 1.165) is 0 Å². The van der Waals surface area contributed by atoms with Gasteiger partial charge in [0.25, 0.3) is 5.88 Å². The zero-order valence-electron chi connectivity index (χ0n) is 17.7. The molecule has 0 fully saturated rings. The van der Waals surface area contributed by atoms with Gasteiger partial charge < -0.3 is 14.2 Å². The Morgan fingerprint density at radius 2 is 1.72 bits per heavy atom. The maximum Gasteiger partial charge on any atom is 0.350 e. The van der Waals surface area contributed by atoms with Gasteiger partial charge >= 0.3 is 11.7 Å². The Bertz CT molecular complexity index is 1110. The molecule has 1 heterocycles. The standard InChI is InChI=1S/C23H21ClN2O6/c1-15-13-19(26(28)29)21(25-14-15)32-20(22(27)30-2)23(31-3,16-7-5-4-6-8-16)17-9-11-18(24)12-10-17/h4-14,20H,1-3H3. The van der Waals surface area contributed by atoms with E-state index in [1.54, 1.807) is 55.5 Å². The van der Waals surface area contributed by atoms with Crippen LogP contribution in [0.5, 0.6) is 5.88 Å². The van der Waals surface area contributed by atoms with Crippen molar-refractivity contribution in [1.82, 2.24) is 4.98 Å². The van der Waals surface area contributed by atoms with Crippen molar-refractivity contribution in [2.45, 2.75) is 18.6 Å². The largest absolute Gasteiger partial charge is 0.466 e. The molecule has 0 radical (unpaired) electrons. The molecule has 0 spiro atoms. The quantitative estimate of drug-likeness (QED) is 0.280. The first-order valence-corrected chi connectivity index (χ1v) is 9.93. The van der Waals surface area contributed by atoms with Crippen molar-refractivity contribution in [3.63, 3.8) is 0 Å². The molecule has 166 valence electrons. The summed E-state index contributed by atoms with van der Waals surface area (Å²) < 4.78 is 16.9. The van der Waals surface area contributed by atoms with Crippen molar-refractivity contribution in [3.05, 3.63) is 98.7 Å². The summed E-state index contributed by atoms with van der Waals surface area (Å²) >= 11 is 6.07. The van der Waals surface area contributed by atoms with Gasteiger partial charge in [-0.3, -0.25) is 10.1 Å². The molecule has 32 heavy (non-hydrogen) atoms. The average Bonchev–Trinajstić information content (AvgIpc) is 2.81. The first-order valence-electron chi connectivity index (χ1n) is 9.55. The Balaban J connectivity index is 2.26. The third-order valence-corrected chi connectivity index (χ3v) is 5.23. The summed E-state index contributed by atoms with van der Waals surface area (Å²) in [6.07, 6.45) is -0.0642.